The van der Waals surface area contributed by atoms with Crippen molar-refractivity contribution < 1.29 is 4.74 Å². The van der Waals surface area contributed by atoms with Gasteiger partial charge in [-0.05, 0) is 26.0 Å². The lowest BCUT2D eigenvalue weighted by Crippen LogP contribution is -1.96. The first-order valence-electron chi connectivity index (χ1n) is 5.26. The minimum Gasteiger partial charge on any atom is -0.425 e. The Hall–Kier alpha value is -1.97. The minimum absolute atomic E-state index is 0.476. The standard InChI is InChI=1S/C12H15N3O/c1-3-15-8-11(13)14-12(15)16-10-6-4-9(2)5-7-10/h4-8H,3,13H2,1-2H3. The monoisotopic (exact) mass is 217 g/mol. The Kier molecular flexibility index (Phi) is 2.81. The fourth-order valence-electron chi connectivity index (χ4n) is 1.44. The molecule has 0 radical (unpaired) electrons. The van der Waals surface area contributed by atoms with Gasteiger partial charge in [-0.2, -0.15) is 4.98 Å². The average Bonchev–Trinajstić information content (AvgIpc) is 2.62. The molecule has 0 saturated carbocycles. The summed E-state index contributed by atoms with van der Waals surface area (Å²) >= 11 is 0. The van der Waals surface area contributed by atoms with Crippen molar-refractivity contribution in [3.05, 3.63) is 36.0 Å². The number of anilines is 1. The first kappa shape index (κ1) is 10.5. The van der Waals surface area contributed by atoms with Crippen molar-refractivity contribution >= 4 is 5.82 Å². The second-order valence-corrected chi connectivity index (χ2v) is 3.65. The predicted octanol–water partition coefficient (Wildman–Crippen LogP) is 2.59. The van der Waals surface area contributed by atoms with E-state index in [1.807, 2.05) is 42.7 Å². The molecule has 4 heteroatoms. The number of hydrogen-bond donors (Lipinski definition) is 1. The number of nitrogens with zero attached hydrogens (tertiary/aromatic N) is 2. The predicted molar refractivity (Wildman–Crippen MR) is 63.6 cm³/mol. The van der Waals surface area contributed by atoms with Gasteiger partial charge in [-0.3, -0.25) is 4.57 Å². The Balaban J connectivity index is 2.22. The second-order valence-electron chi connectivity index (χ2n) is 3.65. The molecule has 1 aromatic heterocycles. The van der Waals surface area contributed by atoms with Crippen LogP contribution < -0.4 is 10.5 Å². The van der Waals surface area contributed by atoms with Gasteiger partial charge in [-0.25, -0.2) is 0 Å². The van der Waals surface area contributed by atoms with Gasteiger partial charge in [0.25, 0.3) is 0 Å². The topological polar surface area (TPSA) is 53.1 Å². The number of nitrogen functional groups attached to an aromatic ring is 1. The van der Waals surface area contributed by atoms with Gasteiger partial charge in [-0.1, -0.05) is 17.7 Å². The molecule has 0 aliphatic heterocycles. The summed E-state index contributed by atoms with van der Waals surface area (Å²) in [4.78, 5) is 4.12. The molecule has 16 heavy (non-hydrogen) atoms. The van der Waals surface area contributed by atoms with E-state index in [9.17, 15) is 0 Å². The van der Waals surface area contributed by atoms with Gasteiger partial charge in [0.2, 0.25) is 0 Å². The molecule has 2 aromatic rings. The molecule has 0 amide bonds. The van der Waals surface area contributed by atoms with E-state index in [-0.39, 0.29) is 0 Å². The fraction of sp³-hybridized carbons (Fsp3) is 0.250. The Morgan fingerprint density at radius 2 is 2.00 bits per heavy atom. The molecule has 0 atom stereocenters. The van der Waals surface area contributed by atoms with Crippen molar-refractivity contribution in [1.29, 1.82) is 0 Å². The van der Waals surface area contributed by atoms with E-state index in [1.165, 1.54) is 5.56 Å². The van der Waals surface area contributed by atoms with E-state index in [0.717, 1.165) is 12.3 Å². The zero-order valence-corrected chi connectivity index (χ0v) is 9.47. The summed E-state index contributed by atoms with van der Waals surface area (Å²) in [6.07, 6.45) is 1.77. The summed E-state index contributed by atoms with van der Waals surface area (Å²) in [6, 6.07) is 8.36. The smallest absolute Gasteiger partial charge is 0.303 e. The first-order valence-corrected chi connectivity index (χ1v) is 5.26. The Morgan fingerprint density at radius 1 is 1.31 bits per heavy atom. The highest BCUT2D eigenvalue weighted by Gasteiger charge is 2.06. The lowest BCUT2D eigenvalue weighted by atomic mass is 10.2. The van der Waals surface area contributed by atoms with Crippen LogP contribution in [0, 0.1) is 6.92 Å². The number of ether oxygens (including phenoxy) is 1. The summed E-state index contributed by atoms with van der Waals surface area (Å²) in [5.74, 6) is 1.25. The van der Waals surface area contributed by atoms with Crippen LogP contribution in [-0.2, 0) is 6.54 Å². The maximum absolute atomic E-state index is 5.65. The van der Waals surface area contributed by atoms with Crippen LogP contribution in [-0.4, -0.2) is 9.55 Å². The Morgan fingerprint density at radius 3 is 2.62 bits per heavy atom. The SMILES string of the molecule is CCn1cc(N)nc1Oc1ccc(C)cc1. The van der Waals surface area contributed by atoms with Gasteiger partial charge >= 0.3 is 6.01 Å². The third kappa shape index (κ3) is 2.16. The molecule has 0 bridgehead atoms. The highest BCUT2D eigenvalue weighted by atomic mass is 16.5. The van der Waals surface area contributed by atoms with Gasteiger partial charge in [0.05, 0.1) is 6.20 Å². The van der Waals surface area contributed by atoms with Crippen LogP contribution in [0.2, 0.25) is 0 Å². The average molecular weight is 217 g/mol. The van der Waals surface area contributed by atoms with E-state index >= 15 is 0 Å². The van der Waals surface area contributed by atoms with Crippen molar-refractivity contribution in [2.24, 2.45) is 0 Å². The summed E-state index contributed by atoms with van der Waals surface area (Å²) < 4.78 is 7.52. The van der Waals surface area contributed by atoms with E-state index in [4.69, 9.17) is 10.5 Å². The van der Waals surface area contributed by atoms with Crippen molar-refractivity contribution in [3.8, 4) is 11.8 Å². The molecular weight excluding hydrogens is 202 g/mol. The van der Waals surface area contributed by atoms with Crippen LogP contribution in [0.4, 0.5) is 5.82 Å². The summed E-state index contributed by atoms with van der Waals surface area (Å²) in [7, 11) is 0. The molecule has 1 heterocycles. The Labute approximate surface area is 94.7 Å². The van der Waals surface area contributed by atoms with Crippen molar-refractivity contribution in [2.75, 3.05) is 5.73 Å². The lowest BCUT2D eigenvalue weighted by molar-refractivity contribution is 0.415. The maximum atomic E-state index is 5.65. The van der Waals surface area contributed by atoms with Gasteiger partial charge in [0, 0.05) is 6.54 Å². The highest BCUT2D eigenvalue weighted by Crippen LogP contribution is 2.21. The van der Waals surface area contributed by atoms with Gasteiger partial charge < -0.3 is 10.5 Å². The molecular formula is C12H15N3O. The molecule has 0 aliphatic carbocycles. The summed E-state index contributed by atoms with van der Waals surface area (Å²) in [5, 5.41) is 0. The number of aromatic nitrogens is 2. The van der Waals surface area contributed by atoms with Crippen molar-refractivity contribution in [3.63, 3.8) is 0 Å². The van der Waals surface area contributed by atoms with E-state index in [0.29, 0.717) is 11.8 Å². The van der Waals surface area contributed by atoms with E-state index in [1.54, 1.807) is 6.20 Å². The van der Waals surface area contributed by atoms with Gasteiger partial charge in [0.1, 0.15) is 11.6 Å². The molecule has 0 aliphatic rings. The molecule has 0 saturated heterocycles. The molecule has 2 rings (SSSR count). The van der Waals surface area contributed by atoms with Crippen LogP contribution >= 0.6 is 0 Å². The molecule has 1 aromatic carbocycles. The van der Waals surface area contributed by atoms with Gasteiger partial charge in [0.15, 0.2) is 0 Å². The molecule has 0 spiro atoms. The van der Waals surface area contributed by atoms with Crippen LogP contribution in [0.5, 0.6) is 11.8 Å². The van der Waals surface area contributed by atoms with Crippen LogP contribution in [0.3, 0.4) is 0 Å². The first-order chi connectivity index (χ1) is 7.69. The zero-order valence-electron chi connectivity index (χ0n) is 9.47. The number of imidazole rings is 1. The van der Waals surface area contributed by atoms with Crippen molar-refractivity contribution in [1.82, 2.24) is 9.55 Å². The summed E-state index contributed by atoms with van der Waals surface area (Å²) in [5.41, 5.74) is 6.82. The molecule has 0 fully saturated rings. The Bertz CT molecular complexity index is 474. The maximum Gasteiger partial charge on any atom is 0.303 e. The normalized spacial score (nSPS) is 10.4. The zero-order chi connectivity index (χ0) is 11.5. The van der Waals surface area contributed by atoms with Gasteiger partial charge in [-0.15, -0.1) is 0 Å². The van der Waals surface area contributed by atoms with Crippen LogP contribution in [0.25, 0.3) is 0 Å². The molecule has 84 valence electrons. The van der Waals surface area contributed by atoms with Crippen LogP contribution in [0.1, 0.15) is 12.5 Å². The van der Waals surface area contributed by atoms with Crippen LogP contribution in [0.15, 0.2) is 30.5 Å². The number of hydrogen-bond acceptors (Lipinski definition) is 3. The third-order valence-corrected chi connectivity index (χ3v) is 2.33. The summed E-state index contributed by atoms with van der Waals surface area (Å²) in [6.45, 7) is 4.84. The number of rotatable bonds is 3. The molecule has 4 nitrogen and oxygen atoms in total. The molecule has 0 unspecified atom stereocenters. The quantitative estimate of drug-likeness (QED) is 0.859. The molecule has 2 N–H and O–H groups in total. The third-order valence-electron chi connectivity index (χ3n) is 2.33. The van der Waals surface area contributed by atoms with E-state index < -0.39 is 0 Å². The van der Waals surface area contributed by atoms with E-state index in [2.05, 4.69) is 4.98 Å². The lowest BCUT2D eigenvalue weighted by Gasteiger charge is -2.06. The minimum atomic E-state index is 0.476. The number of benzene rings is 1. The number of nitrogens with two attached hydrogens (primary N) is 1. The largest absolute Gasteiger partial charge is 0.425 e. The fourth-order valence-corrected chi connectivity index (χ4v) is 1.44. The second kappa shape index (κ2) is 4.26. The van der Waals surface area contributed by atoms with Crippen molar-refractivity contribution in [2.45, 2.75) is 20.4 Å². The highest BCUT2D eigenvalue weighted by molar-refractivity contribution is 5.32. The number of aryl methyl sites for hydroxylation is 2.